The van der Waals surface area contributed by atoms with Gasteiger partial charge in [0, 0.05) is 25.4 Å². The van der Waals surface area contributed by atoms with Crippen molar-refractivity contribution in [2.75, 3.05) is 24.0 Å². The molecule has 4 rings (SSSR count). The van der Waals surface area contributed by atoms with Crippen molar-refractivity contribution in [1.82, 2.24) is 10.2 Å². The van der Waals surface area contributed by atoms with Crippen molar-refractivity contribution in [3.8, 4) is 0 Å². The second kappa shape index (κ2) is 11.5. The summed E-state index contributed by atoms with van der Waals surface area (Å²) in [4.78, 5) is 41.6. The standard InChI is InChI=1S/C27H31F2N4O6/c1-27(2,3)39-26(36)31-21(15-9-11-38-12-10-15)25(35)33-14-16-7-8-17(32-37)13-18(16)23(33)24(34)30-22-19(28)5-4-6-20(22)29/h4-8,13,15,21,23,32H,9-12,14H2,1-3H3,(H,30,34)(H,31,36)/q-1/t21-,23-/m0/s1. The van der Waals surface area contributed by atoms with Gasteiger partial charge >= 0.3 is 6.09 Å². The lowest BCUT2D eigenvalue weighted by atomic mass is 9.90. The Morgan fingerprint density at radius 2 is 1.77 bits per heavy atom. The second-order valence-corrected chi connectivity index (χ2v) is 10.5. The molecule has 2 atom stereocenters. The first-order chi connectivity index (χ1) is 18.5. The first-order valence-electron chi connectivity index (χ1n) is 12.6. The van der Waals surface area contributed by atoms with E-state index in [1.807, 2.05) is 0 Å². The van der Waals surface area contributed by atoms with E-state index in [1.54, 1.807) is 32.3 Å². The van der Waals surface area contributed by atoms with E-state index in [4.69, 9.17) is 9.47 Å². The number of ether oxygens (including phenoxy) is 2. The zero-order valence-electron chi connectivity index (χ0n) is 21.9. The summed E-state index contributed by atoms with van der Waals surface area (Å²) in [5.74, 6) is -3.73. The van der Waals surface area contributed by atoms with Gasteiger partial charge in [0.15, 0.2) is 0 Å². The monoisotopic (exact) mass is 545 g/mol. The number of benzene rings is 2. The van der Waals surface area contributed by atoms with Crippen molar-refractivity contribution >= 4 is 29.3 Å². The fourth-order valence-electron chi connectivity index (χ4n) is 4.84. The van der Waals surface area contributed by atoms with Crippen molar-refractivity contribution in [2.24, 2.45) is 5.92 Å². The van der Waals surface area contributed by atoms with E-state index in [1.165, 1.54) is 17.0 Å². The van der Waals surface area contributed by atoms with Gasteiger partial charge in [-0.1, -0.05) is 12.1 Å². The molecule has 0 unspecified atom stereocenters. The summed E-state index contributed by atoms with van der Waals surface area (Å²) in [6, 6.07) is 5.28. The van der Waals surface area contributed by atoms with Crippen LogP contribution in [0, 0.1) is 22.8 Å². The van der Waals surface area contributed by atoms with E-state index in [-0.39, 0.29) is 18.2 Å². The number of amides is 3. The van der Waals surface area contributed by atoms with Crippen molar-refractivity contribution in [3.05, 3.63) is 64.4 Å². The number of para-hydroxylation sites is 1. The Morgan fingerprint density at radius 1 is 1.10 bits per heavy atom. The summed E-state index contributed by atoms with van der Waals surface area (Å²) in [7, 11) is 0. The Kier molecular flexibility index (Phi) is 8.36. The van der Waals surface area contributed by atoms with Crippen LogP contribution < -0.4 is 16.1 Å². The maximum atomic E-state index is 14.4. The molecule has 1 saturated heterocycles. The maximum Gasteiger partial charge on any atom is 0.408 e. The number of carbonyl (C=O) groups excluding carboxylic acids is 3. The molecule has 210 valence electrons. The zero-order chi connectivity index (χ0) is 28.3. The number of rotatable bonds is 6. The average molecular weight is 546 g/mol. The van der Waals surface area contributed by atoms with Crippen LogP contribution in [-0.4, -0.2) is 47.7 Å². The van der Waals surface area contributed by atoms with E-state index in [2.05, 4.69) is 10.6 Å². The summed E-state index contributed by atoms with van der Waals surface area (Å²) in [6.45, 7) is 5.83. The van der Waals surface area contributed by atoms with Crippen LogP contribution in [0.1, 0.15) is 50.8 Å². The van der Waals surface area contributed by atoms with Gasteiger partial charge in [-0.3, -0.25) is 9.59 Å². The third-order valence-electron chi connectivity index (χ3n) is 6.63. The molecule has 39 heavy (non-hydrogen) atoms. The number of anilines is 2. The Bertz CT molecular complexity index is 1230. The van der Waals surface area contributed by atoms with Crippen LogP contribution in [0.2, 0.25) is 0 Å². The van der Waals surface area contributed by atoms with Crippen molar-refractivity contribution in [1.29, 1.82) is 0 Å². The molecule has 1 fully saturated rings. The molecule has 0 radical (unpaired) electrons. The van der Waals surface area contributed by atoms with Crippen molar-refractivity contribution in [3.63, 3.8) is 0 Å². The lowest BCUT2D eigenvalue weighted by Crippen LogP contribution is -2.54. The Balaban J connectivity index is 1.69. The zero-order valence-corrected chi connectivity index (χ0v) is 21.9. The van der Waals surface area contributed by atoms with E-state index >= 15 is 0 Å². The molecule has 0 saturated carbocycles. The van der Waals surface area contributed by atoms with Gasteiger partial charge in [-0.15, -0.1) is 0 Å². The maximum absolute atomic E-state index is 14.4. The van der Waals surface area contributed by atoms with Crippen LogP contribution in [0.5, 0.6) is 0 Å². The molecule has 2 aliphatic heterocycles. The molecule has 10 nitrogen and oxygen atoms in total. The van der Waals surface area contributed by atoms with Crippen LogP contribution in [0.15, 0.2) is 36.4 Å². The number of carbonyl (C=O) groups is 3. The van der Waals surface area contributed by atoms with Crippen LogP contribution in [-0.2, 0) is 25.6 Å². The van der Waals surface area contributed by atoms with Crippen LogP contribution in [0.25, 0.3) is 0 Å². The molecule has 2 aromatic rings. The summed E-state index contributed by atoms with van der Waals surface area (Å²) in [6.07, 6.45) is 0.166. The topological polar surface area (TPSA) is 132 Å². The number of hydrogen-bond donors (Lipinski definition) is 3. The van der Waals surface area contributed by atoms with E-state index in [9.17, 15) is 28.4 Å². The first-order valence-corrected chi connectivity index (χ1v) is 12.6. The predicted octanol–water partition coefficient (Wildman–Crippen LogP) is 4.22. The molecule has 2 aliphatic rings. The molecule has 0 spiro atoms. The highest BCUT2D eigenvalue weighted by molar-refractivity contribution is 6.00. The lowest BCUT2D eigenvalue weighted by Gasteiger charge is -2.35. The summed E-state index contributed by atoms with van der Waals surface area (Å²) < 4.78 is 39.5. The fraction of sp³-hybridized carbons (Fsp3) is 0.444. The normalized spacial score (nSPS) is 18.2. The fourth-order valence-corrected chi connectivity index (χ4v) is 4.84. The largest absolute Gasteiger partial charge is 0.761 e. The molecule has 0 aromatic heterocycles. The Morgan fingerprint density at radius 3 is 2.38 bits per heavy atom. The molecule has 2 heterocycles. The Hall–Kier alpha value is -3.77. The van der Waals surface area contributed by atoms with Gasteiger partial charge in [-0.05, 0) is 74.9 Å². The molecule has 12 heteroatoms. The minimum atomic E-state index is -1.33. The number of halogens is 2. The molecular weight excluding hydrogens is 514 g/mol. The summed E-state index contributed by atoms with van der Waals surface area (Å²) >= 11 is 0. The van der Waals surface area contributed by atoms with Gasteiger partial charge in [-0.2, -0.15) is 0 Å². The summed E-state index contributed by atoms with van der Waals surface area (Å²) in [5.41, 5.74) is 1.32. The van der Waals surface area contributed by atoms with Gasteiger partial charge in [0.2, 0.25) is 5.91 Å². The molecule has 0 bridgehead atoms. The van der Waals surface area contributed by atoms with Crippen LogP contribution in [0.4, 0.5) is 25.0 Å². The predicted molar refractivity (Wildman–Crippen MR) is 138 cm³/mol. The van der Waals surface area contributed by atoms with Gasteiger partial charge in [0.05, 0.1) is 0 Å². The average Bonchev–Trinajstić information content (AvgIpc) is 3.27. The highest BCUT2D eigenvalue weighted by Gasteiger charge is 2.44. The third-order valence-corrected chi connectivity index (χ3v) is 6.63. The van der Waals surface area contributed by atoms with Crippen LogP contribution in [0.3, 0.4) is 0 Å². The minimum absolute atomic E-state index is 0.0269. The van der Waals surface area contributed by atoms with E-state index < -0.39 is 52.9 Å². The van der Waals surface area contributed by atoms with Crippen molar-refractivity contribution in [2.45, 2.75) is 57.8 Å². The SMILES string of the molecule is CC(C)(C)OC(=O)N[C@H](C(=O)N1Cc2ccc(N[O-])cc2[C@H]1C(=O)Nc1c(F)cccc1F)C1CCOCC1. The Labute approximate surface area is 224 Å². The smallest absolute Gasteiger partial charge is 0.408 e. The molecule has 3 amide bonds. The molecule has 0 aliphatic carbocycles. The van der Waals surface area contributed by atoms with Crippen molar-refractivity contribution < 1.29 is 32.6 Å². The molecule has 3 N–H and O–H groups in total. The summed E-state index contributed by atoms with van der Waals surface area (Å²) in [5, 5.41) is 16.3. The first kappa shape index (κ1) is 28.2. The highest BCUT2D eigenvalue weighted by Crippen LogP contribution is 2.38. The number of alkyl carbamates (subject to hydrolysis) is 1. The number of hydrogen-bond acceptors (Lipinski definition) is 7. The van der Waals surface area contributed by atoms with Gasteiger partial charge < -0.3 is 35.7 Å². The molecule has 2 aromatic carbocycles. The van der Waals surface area contributed by atoms with Gasteiger partial charge in [0.1, 0.15) is 35.0 Å². The highest BCUT2D eigenvalue weighted by atomic mass is 19.1. The third kappa shape index (κ3) is 6.45. The van der Waals surface area contributed by atoms with Gasteiger partial charge in [0.25, 0.3) is 5.91 Å². The van der Waals surface area contributed by atoms with E-state index in [0.29, 0.717) is 37.2 Å². The van der Waals surface area contributed by atoms with Gasteiger partial charge in [-0.25, -0.2) is 13.6 Å². The molecular formula is C27H31F2N4O6-. The number of fused-ring (bicyclic) bond motifs is 1. The quantitative estimate of drug-likeness (QED) is 0.463. The number of nitrogens with one attached hydrogen (secondary N) is 3. The number of nitrogens with zero attached hydrogens (tertiary/aromatic N) is 1. The lowest BCUT2D eigenvalue weighted by molar-refractivity contribution is -0.142. The van der Waals surface area contributed by atoms with E-state index in [0.717, 1.165) is 18.2 Å². The van der Waals surface area contributed by atoms with Crippen LogP contribution >= 0.6 is 0 Å². The minimum Gasteiger partial charge on any atom is -0.761 e. The second-order valence-electron chi connectivity index (χ2n) is 10.5.